The summed E-state index contributed by atoms with van der Waals surface area (Å²) in [6.45, 7) is 2.86. The molecular formula is C17H18N2O2S. The fourth-order valence-corrected chi connectivity index (χ4v) is 3.43. The Hall–Kier alpha value is -2.11. The maximum Gasteiger partial charge on any atom is 0.271 e. The van der Waals surface area contributed by atoms with E-state index in [9.17, 15) is 9.90 Å². The molecule has 0 aliphatic rings. The highest BCUT2D eigenvalue weighted by atomic mass is 32.1. The number of carbonyl (C=O) groups excluding carboxylic acids is 1. The van der Waals surface area contributed by atoms with E-state index in [4.69, 9.17) is 0 Å². The molecule has 3 rings (SSSR count). The molecular weight excluding hydrogens is 296 g/mol. The van der Waals surface area contributed by atoms with Crippen molar-refractivity contribution in [1.29, 1.82) is 0 Å². The Labute approximate surface area is 133 Å². The van der Waals surface area contributed by atoms with Crippen LogP contribution < -0.4 is 0 Å². The van der Waals surface area contributed by atoms with Crippen molar-refractivity contribution >= 4 is 22.8 Å². The van der Waals surface area contributed by atoms with Crippen LogP contribution in [0.15, 0.2) is 48.7 Å². The molecule has 0 unspecified atom stereocenters. The highest BCUT2D eigenvalue weighted by Crippen LogP contribution is 2.19. The smallest absolute Gasteiger partial charge is 0.271 e. The van der Waals surface area contributed by atoms with E-state index >= 15 is 0 Å². The van der Waals surface area contributed by atoms with E-state index in [1.165, 1.54) is 4.88 Å². The number of nitrogens with zero attached hydrogens (tertiary/aromatic N) is 2. The van der Waals surface area contributed by atoms with Gasteiger partial charge in [-0.15, -0.1) is 11.3 Å². The van der Waals surface area contributed by atoms with Crippen molar-refractivity contribution in [2.75, 3.05) is 13.2 Å². The summed E-state index contributed by atoms with van der Waals surface area (Å²) in [5, 5.41) is 9.28. The van der Waals surface area contributed by atoms with Crippen LogP contribution in [0.5, 0.6) is 0 Å². The number of amides is 1. The zero-order chi connectivity index (χ0) is 15.5. The number of carbonyl (C=O) groups is 1. The third-order valence-corrected chi connectivity index (χ3v) is 4.57. The SMILES string of the molecule is Cc1ccc(CN(CCO)C(=O)c2ccc3ccccn23)s1. The lowest BCUT2D eigenvalue weighted by atomic mass is 10.3. The third kappa shape index (κ3) is 2.91. The first-order chi connectivity index (χ1) is 10.7. The summed E-state index contributed by atoms with van der Waals surface area (Å²) in [5.41, 5.74) is 1.61. The van der Waals surface area contributed by atoms with Crippen molar-refractivity contribution in [2.45, 2.75) is 13.5 Å². The number of fused-ring (bicyclic) bond motifs is 1. The molecule has 0 aliphatic carbocycles. The van der Waals surface area contributed by atoms with Crippen LogP contribution in [0.2, 0.25) is 0 Å². The van der Waals surface area contributed by atoms with Crippen molar-refractivity contribution in [3.8, 4) is 0 Å². The summed E-state index contributed by atoms with van der Waals surface area (Å²) >= 11 is 1.68. The first kappa shape index (κ1) is 14.8. The number of pyridine rings is 1. The molecule has 3 aromatic rings. The average Bonchev–Trinajstić information content (AvgIpc) is 3.12. The van der Waals surface area contributed by atoms with Gasteiger partial charge >= 0.3 is 0 Å². The largest absolute Gasteiger partial charge is 0.395 e. The molecule has 0 atom stereocenters. The highest BCUT2D eigenvalue weighted by molar-refractivity contribution is 7.11. The van der Waals surface area contributed by atoms with Crippen LogP contribution in [0.1, 0.15) is 20.2 Å². The van der Waals surface area contributed by atoms with Gasteiger partial charge in [0.05, 0.1) is 13.2 Å². The van der Waals surface area contributed by atoms with Gasteiger partial charge in [0.15, 0.2) is 0 Å². The summed E-state index contributed by atoms with van der Waals surface area (Å²) in [5.74, 6) is -0.0636. The van der Waals surface area contributed by atoms with Crippen molar-refractivity contribution in [3.63, 3.8) is 0 Å². The van der Waals surface area contributed by atoms with Crippen LogP contribution in [0.3, 0.4) is 0 Å². The van der Waals surface area contributed by atoms with Crippen molar-refractivity contribution < 1.29 is 9.90 Å². The summed E-state index contributed by atoms with van der Waals surface area (Å²) in [6.07, 6.45) is 1.88. The van der Waals surface area contributed by atoms with E-state index < -0.39 is 0 Å². The normalized spacial score (nSPS) is 11.0. The number of hydrogen-bond donors (Lipinski definition) is 1. The molecule has 1 amide bonds. The van der Waals surface area contributed by atoms with Crippen LogP contribution in [-0.4, -0.2) is 33.5 Å². The molecule has 0 radical (unpaired) electrons. The molecule has 3 heterocycles. The van der Waals surface area contributed by atoms with Crippen LogP contribution >= 0.6 is 11.3 Å². The number of aliphatic hydroxyl groups is 1. The Morgan fingerprint density at radius 2 is 2.09 bits per heavy atom. The number of hydrogen-bond acceptors (Lipinski definition) is 3. The first-order valence-corrected chi connectivity index (χ1v) is 8.02. The molecule has 1 N–H and O–H groups in total. The molecule has 22 heavy (non-hydrogen) atoms. The van der Waals surface area contributed by atoms with E-state index in [1.54, 1.807) is 16.2 Å². The Balaban J connectivity index is 1.88. The Kier molecular flexibility index (Phi) is 4.27. The van der Waals surface area contributed by atoms with E-state index in [1.807, 2.05) is 60.0 Å². The van der Waals surface area contributed by atoms with Crippen LogP contribution in [-0.2, 0) is 6.54 Å². The van der Waals surface area contributed by atoms with E-state index in [-0.39, 0.29) is 12.5 Å². The molecule has 0 spiro atoms. The lowest BCUT2D eigenvalue weighted by Gasteiger charge is -2.21. The molecule has 114 valence electrons. The van der Waals surface area contributed by atoms with E-state index in [0.717, 1.165) is 10.4 Å². The molecule has 5 heteroatoms. The van der Waals surface area contributed by atoms with Crippen LogP contribution in [0.25, 0.3) is 5.52 Å². The summed E-state index contributed by atoms with van der Waals surface area (Å²) in [4.78, 5) is 16.9. The minimum atomic E-state index is -0.0636. The molecule has 4 nitrogen and oxygen atoms in total. The minimum absolute atomic E-state index is 0.0423. The zero-order valence-corrected chi connectivity index (χ0v) is 13.2. The Morgan fingerprint density at radius 3 is 2.82 bits per heavy atom. The average molecular weight is 314 g/mol. The molecule has 0 saturated carbocycles. The Bertz CT molecular complexity index is 791. The molecule has 0 bridgehead atoms. The summed E-state index contributed by atoms with van der Waals surface area (Å²) in [6, 6.07) is 13.7. The molecule has 0 aromatic carbocycles. The summed E-state index contributed by atoms with van der Waals surface area (Å²) in [7, 11) is 0. The Morgan fingerprint density at radius 1 is 1.23 bits per heavy atom. The van der Waals surface area contributed by atoms with Crippen LogP contribution in [0.4, 0.5) is 0 Å². The predicted octanol–water partition coefficient (Wildman–Crippen LogP) is 2.94. The number of rotatable bonds is 5. The van der Waals surface area contributed by atoms with Gasteiger partial charge in [-0.2, -0.15) is 0 Å². The van der Waals surface area contributed by atoms with Gasteiger partial charge in [0, 0.05) is 28.0 Å². The second kappa shape index (κ2) is 6.34. The van der Waals surface area contributed by atoms with E-state index in [2.05, 4.69) is 0 Å². The van der Waals surface area contributed by atoms with Crippen molar-refractivity contribution in [3.05, 3.63) is 64.1 Å². The fraction of sp³-hybridized carbons (Fsp3) is 0.235. The van der Waals surface area contributed by atoms with Crippen molar-refractivity contribution in [1.82, 2.24) is 9.30 Å². The topological polar surface area (TPSA) is 45.0 Å². The van der Waals surface area contributed by atoms with Gasteiger partial charge in [0.25, 0.3) is 5.91 Å². The second-order valence-electron chi connectivity index (χ2n) is 5.18. The maximum atomic E-state index is 12.8. The van der Waals surface area contributed by atoms with Gasteiger partial charge in [0.1, 0.15) is 5.69 Å². The first-order valence-electron chi connectivity index (χ1n) is 7.20. The number of aliphatic hydroxyl groups excluding tert-OH is 1. The van der Waals surface area contributed by atoms with Gasteiger partial charge in [-0.1, -0.05) is 6.07 Å². The lowest BCUT2D eigenvalue weighted by molar-refractivity contribution is 0.0703. The quantitative estimate of drug-likeness (QED) is 0.787. The van der Waals surface area contributed by atoms with Gasteiger partial charge in [-0.25, -0.2) is 0 Å². The molecule has 0 fully saturated rings. The van der Waals surface area contributed by atoms with E-state index in [0.29, 0.717) is 18.8 Å². The maximum absolute atomic E-state index is 12.8. The molecule has 3 aromatic heterocycles. The number of thiophene rings is 1. The lowest BCUT2D eigenvalue weighted by Crippen LogP contribution is -2.33. The molecule has 0 saturated heterocycles. The van der Waals surface area contributed by atoms with Crippen molar-refractivity contribution in [2.24, 2.45) is 0 Å². The van der Waals surface area contributed by atoms with Gasteiger partial charge in [-0.05, 0) is 43.3 Å². The predicted molar refractivity (Wildman–Crippen MR) is 88.3 cm³/mol. The zero-order valence-electron chi connectivity index (χ0n) is 12.4. The van der Waals surface area contributed by atoms with Gasteiger partial charge in [-0.3, -0.25) is 4.79 Å². The summed E-state index contributed by atoms with van der Waals surface area (Å²) < 4.78 is 1.88. The molecule has 0 aliphatic heterocycles. The van der Waals surface area contributed by atoms with Crippen LogP contribution in [0, 0.1) is 6.92 Å². The van der Waals surface area contributed by atoms with Gasteiger partial charge in [0.2, 0.25) is 0 Å². The highest BCUT2D eigenvalue weighted by Gasteiger charge is 2.19. The third-order valence-electron chi connectivity index (χ3n) is 3.58. The second-order valence-corrected chi connectivity index (χ2v) is 6.55. The van der Waals surface area contributed by atoms with Gasteiger partial charge < -0.3 is 14.4 Å². The monoisotopic (exact) mass is 314 g/mol. The standard InChI is InChI=1S/C17H18N2O2S/c1-13-5-7-15(22-13)12-18(10-11-20)17(21)16-8-6-14-4-2-3-9-19(14)16/h2-9,20H,10-12H2,1H3. The number of aryl methyl sites for hydroxylation is 1. The minimum Gasteiger partial charge on any atom is -0.395 e. The fourth-order valence-electron chi connectivity index (χ4n) is 2.52. The number of aromatic nitrogens is 1.